The Bertz CT molecular complexity index is 399. The van der Waals surface area contributed by atoms with Gasteiger partial charge in [0, 0.05) is 12.5 Å². The molecule has 1 saturated heterocycles. The van der Waals surface area contributed by atoms with Crippen LogP contribution in [0.1, 0.15) is 38.2 Å². The summed E-state index contributed by atoms with van der Waals surface area (Å²) in [6.45, 7) is 2.73. The van der Waals surface area contributed by atoms with Crippen molar-refractivity contribution in [3.63, 3.8) is 0 Å². The molecule has 0 aromatic heterocycles. The number of ether oxygens (including phenoxy) is 1. The molecule has 1 aromatic carbocycles. The van der Waals surface area contributed by atoms with Crippen molar-refractivity contribution >= 4 is 0 Å². The minimum Gasteiger partial charge on any atom is -0.496 e. The van der Waals surface area contributed by atoms with E-state index in [1.54, 1.807) is 14.0 Å². The van der Waals surface area contributed by atoms with Gasteiger partial charge < -0.3 is 10.1 Å². The first-order valence-electron chi connectivity index (χ1n) is 7.15. The van der Waals surface area contributed by atoms with Gasteiger partial charge in [0.05, 0.1) is 7.11 Å². The number of rotatable bonds is 5. The third kappa shape index (κ3) is 4.20. The van der Waals surface area contributed by atoms with E-state index >= 15 is 0 Å². The second-order valence-electron chi connectivity index (χ2n) is 5.75. The zero-order valence-corrected chi connectivity index (χ0v) is 11.9. The average Bonchev–Trinajstić information content (AvgIpc) is 2.39. The Morgan fingerprint density at radius 2 is 2.16 bits per heavy atom. The Labute approximate surface area is 115 Å². The number of hydrogen-bond donors (Lipinski definition) is 1. The highest BCUT2D eigenvalue weighted by Gasteiger charge is 2.29. The Morgan fingerprint density at radius 1 is 1.37 bits per heavy atom. The lowest BCUT2D eigenvalue weighted by atomic mass is 9.88. The Morgan fingerprint density at radius 3 is 2.84 bits per heavy atom. The minimum absolute atomic E-state index is 0.318. The molecule has 0 aliphatic carbocycles. The number of halogens is 1. The molecule has 106 valence electrons. The predicted octanol–water partition coefficient (Wildman–Crippen LogP) is 3.50. The van der Waals surface area contributed by atoms with E-state index in [0.29, 0.717) is 18.9 Å². The lowest BCUT2D eigenvalue weighted by Crippen LogP contribution is -2.40. The second-order valence-corrected chi connectivity index (χ2v) is 5.75. The third-order valence-corrected chi connectivity index (χ3v) is 3.84. The molecule has 2 nitrogen and oxygen atoms in total. The molecular formula is C16H24FNO. The highest BCUT2D eigenvalue weighted by Crippen LogP contribution is 2.29. The number of alkyl halides is 1. The molecule has 1 aliphatic rings. The summed E-state index contributed by atoms with van der Waals surface area (Å²) in [5.41, 5.74) is -0.241. The van der Waals surface area contributed by atoms with Gasteiger partial charge in [-0.15, -0.1) is 0 Å². The number of methoxy groups -OCH3 is 1. The smallest absolute Gasteiger partial charge is 0.122 e. The van der Waals surface area contributed by atoms with E-state index < -0.39 is 5.67 Å². The first-order valence-corrected chi connectivity index (χ1v) is 7.15. The molecule has 1 aromatic rings. The molecule has 3 heteroatoms. The van der Waals surface area contributed by atoms with Crippen LogP contribution in [0.2, 0.25) is 0 Å². The van der Waals surface area contributed by atoms with Crippen molar-refractivity contribution in [1.82, 2.24) is 5.32 Å². The molecule has 2 rings (SSSR count). The summed E-state index contributed by atoms with van der Waals surface area (Å²) >= 11 is 0. The minimum atomic E-state index is -1.19. The highest BCUT2D eigenvalue weighted by atomic mass is 19.1. The normalized spacial score (nSPS) is 22.8. The molecule has 1 N–H and O–H groups in total. The molecule has 0 bridgehead atoms. The van der Waals surface area contributed by atoms with Crippen molar-refractivity contribution in [2.45, 2.75) is 50.7 Å². The van der Waals surface area contributed by atoms with Gasteiger partial charge in [0.2, 0.25) is 0 Å². The summed E-state index contributed by atoms with van der Waals surface area (Å²) in [6, 6.07) is 8.02. The predicted molar refractivity (Wildman–Crippen MR) is 76.5 cm³/mol. The van der Waals surface area contributed by atoms with Gasteiger partial charge in [0.15, 0.2) is 0 Å². The van der Waals surface area contributed by atoms with Gasteiger partial charge in [-0.25, -0.2) is 4.39 Å². The number of hydrogen-bond acceptors (Lipinski definition) is 2. The number of nitrogens with one attached hydrogen (secondary N) is 1. The van der Waals surface area contributed by atoms with Crippen LogP contribution < -0.4 is 10.1 Å². The number of benzene rings is 1. The fourth-order valence-electron chi connectivity index (χ4n) is 2.93. The number of piperidine rings is 1. The van der Waals surface area contributed by atoms with E-state index in [1.165, 1.54) is 12.8 Å². The Balaban J connectivity index is 1.99. The van der Waals surface area contributed by atoms with Gasteiger partial charge in [-0.3, -0.25) is 0 Å². The van der Waals surface area contributed by atoms with Crippen LogP contribution in [0.5, 0.6) is 5.75 Å². The van der Waals surface area contributed by atoms with Crippen molar-refractivity contribution in [1.29, 1.82) is 0 Å². The van der Waals surface area contributed by atoms with E-state index in [4.69, 9.17) is 4.74 Å². The summed E-state index contributed by atoms with van der Waals surface area (Å²) in [5.74, 6) is 0.781. The topological polar surface area (TPSA) is 21.3 Å². The summed E-state index contributed by atoms with van der Waals surface area (Å²) in [6.07, 6.45) is 4.50. The van der Waals surface area contributed by atoms with Gasteiger partial charge >= 0.3 is 0 Å². The second kappa shape index (κ2) is 6.38. The van der Waals surface area contributed by atoms with E-state index in [9.17, 15) is 4.39 Å². The first-order chi connectivity index (χ1) is 9.11. The molecule has 19 heavy (non-hydrogen) atoms. The zero-order valence-electron chi connectivity index (χ0n) is 11.9. The van der Waals surface area contributed by atoms with Crippen molar-refractivity contribution in [2.75, 3.05) is 13.7 Å². The molecule has 1 aliphatic heterocycles. The molecule has 0 radical (unpaired) electrons. The highest BCUT2D eigenvalue weighted by molar-refractivity contribution is 5.34. The van der Waals surface area contributed by atoms with E-state index in [0.717, 1.165) is 24.3 Å². The van der Waals surface area contributed by atoms with Gasteiger partial charge in [-0.05, 0) is 44.4 Å². The van der Waals surface area contributed by atoms with E-state index in [-0.39, 0.29) is 0 Å². The molecule has 1 heterocycles. The maximum atomic E-state index is 14.8. The van der Waals surface area contributed by atoms with Gasteiger partial charge in [-0.1, -0.05) is 24.6 Å². The van der Waals surface area contributed by atoms with Crippen LogP contribution in [0.25, 0.3) is 0 Å². The fourth-order valence-corrected chi connectivity index (χ4v) is 2.93. The van der Waals surface area contributed by atoms with Crippen LogP contribution >= 0.6 is 0 Å². The van der Waals surface area contributed by atoms with Gasteiger partial charge in [-0.2, -0.15) is 0 Å². The molecule has 2 unspecified atom stereocenters. The first kappa shape index (κ1) is 14.3. The van der Waals surface area contributed by atoms with Crippen molar-refractivity contribution < 1.29 is 9.13 Å². The molecule has 0 saturated carbocycles. The molecule has 1 fully saturated rings. The van der Waals surface area contributed by atoms with E-state index in [1.807, 2.05) is 24.3 Å². The summed E-state index contributed by atoms with van der Waals surface area (Å²) in [7, 11) is 1.64. The fraction of sp³-hybridized carbons (Fsp3) is 0.625. The van der Waals surface area contributed by atoms with Crippen LogP contribution in [0.15, 0.2) is 24.3 Å². The lowest BCUT2D eigenvalue weighted by Gasteiger charge is -2.30. The van der Waals surface area contributed by atoms with Crippen molar-refractivity contribution in [3.8, 4) is 5.75 Å². The van der Waals surface area contributed by atoms with Crippen LogP contribution in [-0.4, -0.2) is 25.4 Å². The molecule has 0 spiro atoms. The maximum Gasteiger partial charge on any atom is 0.122 e. The Kier molecular flexibility index (Phi) is 4.81. The monoisotopic (exact) mass is 265 g/mol. The summed E-state index contributed by atoms with van der Waals surface area (Å²) in [5, 5.41) is 3.42. The van der Waals surface area contributed by atoms with Crippen molar-refractivity contribution in [3.05, 3.63) is 29.8 Å². The van der Waals surface area contributed by atoms with Crippen molar-refractivity contribution in [2.24, 2.45) is 0 Å². The quantitative estimate of drug-likeness (QED) is 0.880. The summed E-state index contributed by atoms with van der Waals surface area (Å²) in [4.78, 5) is 0. The number of para-hydroxylation sites is 1. The summed E-state index contributed by atoms with van der Waals surface area (Å²) < 4.78 is 20.1. The SMILES string of the molecule is COc1ccccc1CC(C)(F)CC1CCCCN1. The van der Waals surface area contributed by atoms with E-state index in [2.05, 4.69) is 5.32 Å². The molecular weight excluding hydrogens is 241 g/mol. The largest absolute Gasteiger partial charge is 0.496 e. The lowest BCUT2D eigenvalue weighted by molar-refractivity contribution is 0.145. The van der Waals surface area contributed by atoms with Crippen LogP contribution in [-0.2, 0) is 6.42 Å². The van der Waals surface area contributed by atoms with Crippen LogP contribution in [0, 0.1) is 0 Å². The maximum absolute atomic E-state index is 14.8. The third-order valence-electron chi connectivity index (χ3n) is 3.84. The van der Waals surface area contributed by atoms with Crippen LogP contribution in [0.3, 0.4) is 0 Å². The van der Waals surface area contributed by atoms with Gasteiger partial charge in [0.1, 0.15) is 11.4 Å². The molecule has 2 atom stereocenters. The van der Waals surface area contributed by atoms with Crippen LogP contribution in [0.4, 0.5) is 4.39 Å². The standard InChI is InChI=1S/C16H24FNO/c1-16(17,12-14-8-5-6-10-18-14)11-13-7-3-4-9-15(13)19-2/h3-4,7,9,14,18H,5-6,8,10-12H2,1-2H3. The molecule has 0 amide bonds. The van der Waals surface area contributed by atoms with Gasteiger partial charge in [0.25, 0.3) is 0 Å². The average molecular weight is 265 g/mol. The zero-order chi connectivity index (χ0) is 13.7. The Hall–Kier alpha value is -1.09.